The zero-order chi connectivity index (χ0) is 16.4. The smallest absolute Gasteiger partial charge is 0.344 e. The first-order valence-corrected chi connectivity index (χ1v) is 7.24. The van der Waals surface area contributed by atoms with E-state index in [0.29, 0.717) is 24.2 Å². The Bertz CT molecular complexity index is 571. The van der Waals surface area contributed by atoms with Gasteiger partial charge in [0.05, 0.1) is 11.4 Å². The minimum absolute atomic E-state index is 0.0480. The van der Waals surface area contributed by atoms with E-state index in [9.17, 15) is 18.0 Å². The zero-order valence-corrected chi connectivity index (χ0v) is 12.4. The van der Waals surface area contributed by atoms with Crippen LogP contribution >= 0.6 is 0 Å². The highest BCUT2D eigenvalue weighted by Crippen LogP contribution is 2.47. The van der Waals surface area contributed by atoms with Crippen LogP contribution in [0.15, 0.2) is 36.9 Å². The summed E-state index contributed by atoms with van der Waals surface area (Å²) in [7, 11) is 0. The molecule has 0 aromatic heterocycles. The van der Waals surface area contributed by atoms with Crippen molar-refractivity contribution < 1.29 is 18.0 Å². The van der Waals surface area contributed by atoms with Crippen LogP contribution in [0.5, 0.6) is 0 Å². The highest BCUT2D eigenvalue weighted by molar-refractivity contribution is 6.07. The topological polar surface area (TPSA) is 32.3 Å². The number of alkyl halides is 3. The summed E-state index contributed by atoms with van der Waals surface area (Å²) in [5.41, 5.74) is -1.79. The summed E-state index contributed by atoms with van der Waals surface area (Å²) in [6, 6.07) is 6.53. The summed E-state index contributed by atoms with van der Waals surface area (Å²) in [6.45, 7) is 5.29. The fraction of sp³-hybridized carbons (Fsp3) is 0.438. The number of unbranched alkanes of at least 4 members (excludes halogenated alkanes) is 1. The van der Waals surface area contributed by atoms with E-state index in [1.807, 2.05) is 0 Å². The van der Waals surface area contributed by atoms with E-state index in [0.717, 1.165) is 4.90 Å². The molecule has 1 heterocycles. The lowest BCUT2D eigenvalue weighted by atomic mass is 9.85. The summed E-state index contributed by atoms with van der Waals surface area (Å²) in [6.07, 6.45) is -2.68. The van der Waals surface area contributed by atoms with Crippen LogP contribution in [0.4, 0.5) is 24.5 Å². The van der Waals surface area contributed by atoms with Crippen LogP contribution < -0.4 is 10.2 Å². The van der Waals surface area contributed by atoms with E-state index in [-0.39, 0.29) is 13.0 Å². The number of hydrogen-bond acceptors (Lipinski definition) is 2. The molecule has 1 aliphatic rings. The first-order chi connectivity index (χ1) is 10.4. The van der Waals surface area contributed by atoms with Crippen molar-refractivity contribution in [1.82, 2.24) is 0 Å². The van der Waals surface area contributed by atoms with Crippen molar-refractivity contribution in [2.24, 2.45) is 0 Å². The average Bonchev–Trinajstić information content (AvgIpc) is 2.45. The van der Waals surface area contributed by atoms with Gasteiger partial charge in [0.25, 0.3) is 5.91 Å². The third-order valence-corrected chi connectivity index (χ3v) is 3.95. The van der Waals surface area contributed by atoms with E-state index >= 15 is 0 Å². The Morgan fingerprint density at radius 1 is 1.36 bits per heavy atom. The normalized spacial score (nSPS) is 21.3. The Hall–Kier alpha value is -1.98. The van der Waals surface area contributed by atoms with Crippen molar-refractivity contribution in [1.29, 1.82) is 0 Å². The molecule has 0 spiro atoms. The number of carbonyl (C=O) groups is 1. The molecule has 1 amide bonds. The number of fused-ring (bicyclic) bond motifs is 1. The molecule has 0 fully saturated rings. The molecule has 0 aliphatic carbocycles. The number of amides is 1. The molecule has 0 radical (unpaired) electrons. The monoisotopic (exact) mass is 312 g/mol. The number of hydrogen-bond donors (Lipinski definition) is 1. The van der Waals surface area contributed by atoms with Crippen LogP contribution in [0.25, 0.3) is 0 Å². The number of carbonyl (C=O) groups excluding carboxylic acids is 1. The largest absolute Gasteiger partial charge is 0.420 e. The van der Waals surface area contributed by atoms with E-state index in [1.54, 1.807) is 31.2 Å². The standard InChI is InChI=1S/C16H19F3N2O/c1-3-5-10-15(16(17,18)19)14(22)20-12-8-6-7-9-13(12)21(15)11-4-2/h4,6-9H,2-3,5,10-11H2,1H3,(H,20,22). The summed E-state index contributed by atoms with van der Waals surface area (Å²) < 4.78 is 41.7. The predicted molar refractivity (Wildman–Crippen MR) is 80.9 cm³/mol. The Labute approximate surface area is 127 Å². The first kappa shape index (κ1) is 16.4. The van der Waals surface area contributed by atoms with Gasteiger partial charge in [0.15, 0.2) is 0 Å². The van der Waals surface area contributed by atoms with Gasteiger partial charge in [0, 0.05) is 6.54 Å². The number of anilines is 2. The Kier molecular flexibility index (Phi) is 4.49. The highest BCUT2D eigenvalue weighted by Gasteiger charge is 2.65. The fourth-order valence-electron chi connectivity index (χ4n) is 2.86. The number of nitrogens with one attached hydrogen (secondary N) is 1. The molecule has 22 heavy (non-hydrogen) atoms. The molecular formula is C16H19F3N2O. The molecule has 1 aliphatic heterocycles. The summed E-state index contributed by atoms with van der Waals surface area (Å²) in [4.78, 5) is 13.5. The van der Waals surface area contributed by atoms with Gasteiger partial charge in [0.2, 0.25) is 5.54 Å². The molecule has 0 saturated heterocycles. The quantitative estimate of drug-likeness (QED) is 0.829. The van der Waals surface area contributed by atoms with E-state index in [1.165, 1.54) is 6.08 Å². The molecule has 0 bridgehead atoms. The number of rotatable bonds is 5. The van der Waals surface area contributed by atoms with Crippen molar-refractivity contribution >= 4 is 17.3 Å². The van der Waals surface area contributed by atoms with E-state index in [2.05, 4.69) is 11.9 Å². The Morgan fingerprint density at radius 2 is 2.05 bits per heavy atom. The minimum atomic E-state index is -4.68. The van der Waals surface area contributed by atoms with Gasteiger partial charge in [-0.05, 0) is 18.6 Å². The number of para-hydroxylation sites is 2. The lowest BCUT2D eigenvalue weighted by Crippen LogP contribution is -2.68. The van der Waals surface area contributed by atoms with Crippen molar-refractivity contribution in [3.05, 3.63) is 36.9 Å². The van der Waals surface area contributed by atoms with Crippen LogP contribution in [-0.4, -0.2) is 24.2 Å². The SMILES string of the molecule is C=CCN1c2ccccc2NC(=O)C1(CCCC)C(F)(F)F. The van der Waals surface area contributed by atoms with Crippen LogP contribution in [0.3, 0.4) is 0 Å². The maximum absolute atomic E-state index is 13.9. The molecule has 120 valence electrons. The van der Waals surface area contributed by atoms with Crippen LogP contribution in [-0.2, 0) is 4.79 Å². The molecule has 1 aromatic carbocycles. The Balaban J connectivity index is 2.63. The van der Waals surface area contributed by atoms with Gasteiger partial charge < -0.3 is 10.2 Å². The molecule has 6 heteroatoms. The molecule has 2 rings (SSSR count). The molecule has 1 aromatic rings. The Morgan fingerprint density at radius 3 is 2.64 bits per heavy atom. The second-order valence-electron chi connectivity index (χ2n) is 5.33. The van der Waals surface area contributed by atoms with E-state index in [4.69, 9.17) is 0 Å². The lowest BCUT2D eigenvalue weighted by Gasteiger charge is -2.48. The molecule has 1 N–H and O–H groups in total. The van der Waals surface area contributed by atoms with Gasteiger partial charge in [-0.2, -0.15) is 13.2 Å². The third kappa shape index (κ3) is 2.46. The van der Waals surface area contributed by atoms with Gasteiger partial charge in [0.1, 0.15) is 0 Å². The second-order valence-corrected chi connectivity index (χ2v) is 5.33. The summed E-state index contributed by atoms with van der Waals surface area (Å²) in [5, 5.41) is 2.42. The van der Waals surface area contributed by atoms with Gasteiger partial charge in [-0.1, -0.05) is 38.0 Å². The van der Waals surface area contributed by atoms with Gasteiger partial charge in [-0.3, -0.25) is 4.79 Å². The van der Waals surface area contributed by atoms with Crippen molar-refractivity contribution in [3.63, 3.8) is 0 Å². The summed E-state index contributed by atoms with van der Waals surface area (Å²) >= 11 is 0. The van der Waals surface area contributed by atoms with Crippen LogP contribution in [0, 0.1) is 0 Å². The second kappa shape index (κ2) is 6.02. The van der Waals surface area contributed by atoms with E-state index < -0.39 is 17.6 Å². The number of halogens is 3. The van der Waals surface area contributed by atoms with Gasteiger partial charge in [-0.25, -0.2) is 0 Å². The predicted octanol–water partition coefficient (Wildman–Crippen LogP) is 4.12. The van der Waals surface area contributed by atoms with Crippen molar-refractivity contribution in [2.75, 3.05) is 16.8 Å². The maximum atomic E-state index is 13.9. The first-order valence-electron chi connectivity index (χ1n) is 7.24. The highest BCUT2D eigenvalue weighted by atomic mass is 19.4. The van der Waals surface area contributed by atoms with Crippen LogP contribution in [0.1, 0.15) is 26.2 Å². The van der Waals surface area contributed by atoms with Gasteiger partial charge >= 0.3 is 6.18 Å². The van der Waals surface area contributed by atoms with Gasteiger partial charge in [-0.15, -0.1) is 6.58 Å². The van der Waals surface area contributed by atoms with Crippen molar-refractivity contribution in [2.45, 2.75) is 37.9 Å². The zero-order valence-electron chi connectivity index (χ0n) is 12.4. The fourth-order valence-corrected chi connectivity index (χ4v) is 2.86. The third-order valence-electron chi connectivity index (χ3n) is 3.95. The van der Waals surface area contributed by atoms with Crippen LogP contribution in [0.2, 0.25) is 0 Å². The maximum Gasteiger partial charge on any atom is 0.420 e. The molecule has 1 unspecified atom stereocenters. The number of benzene rings is 1. The summed E-state index contributed by atoms with van der Waals surface area (Å²) in [5.74, 6) is -1.02. The molecular weight excluding hydrogens is 293 g/mol. The average molecular weight is 312 g/mol. The molecule has 3 nitrogen and oxygen atoms in total. The molecule has 0 saturated carbocycles. The minimum Gasteiger partial charge on any atom is -0.344 e. The molecule has 1 atom stereocenters. The lowest BCUT2D eigenvalue weighted by molar-refractivity contribution is -0.191. The van der Waals surface area contributed by atoms with Crippen molar-refractivity contribution in [3.8, 4) is 0 Å². The number of nitrogens with zero attached hydrogens (tertiary/aromatic N) is 1.